The van der Waals surface area contributed by atoms with Gasteiger partial charge in [-0.3, -0.25) is 0 Å². The van der Waals surface area contributed by atoms with E-state index in [0.29, 0.717) is 23.1 Å². The van der Waals surface area contributed by atoms with E-state index in [1.165, 1.54) is 12.1 Å². The van der Waals surface area contributed by atoms with Crippen molar-refractivity contribution in [1.29, 1.82) is 0 Å². The lowest BCUT2D eigenvalue weighted by molar-refractivity contribution is 0.340. The van der Waals surface area contributed by atoms with Crippen LogP contribution < -0.4 is 4.74 Å². The smallest absolute Gasteiger partial charge is 0.137 e. The van der Waals surface area contributed by atoms with E-state index in [0.717, 1.165) is 27.4 Å². The van der Waals surface area contributed by atoms with Crippen molar-refractivity contribution in [2.45, 2.75) is 17.7 Å². The Morgan fingerprint density at radius 3 is 2.71 bits per heavy atom. The highest BCUT2D eigenvalue weighted by molar-refractivity contribution is 7.98. The predicted octanol–water partition coefficient (Wildman–Crippen LogP) is 5.88. The Kier molecular flexibility index (Phi) is 5.50. The van der Waals surface area contributed by atoms with Gasteiger partial charge >= 0.3 is 0 Å². The van der Waals surface area contributed by atoms with Crippen LogP contribution >= 0.6 is 23.4 Å². The molecule has 0 unspecified atom stereocenters. The first kappa shape index (κ1) is 18.8. The Labute approximate surface area is 171 Å². The minimum atomic E-state index is -0.233. The van der Waals surface area contributed by atoms with Crippen LogP contribution in [-0.2, 0) is 5.75 Å². The SMILES string of the molecule is CCOc1ccc(-c2cc3c(SCc4ccc(F)cc4)nccn3n2)cc1Cl. The number of rotatable bonds is 6. The molecule has 2 aromatic carbocycles. The largest absolute Gasteiger partial charge is 0.492 e. The van der Waals surface area contributed by atoms with Crippen LogP contribution in [0.2, 0.25) is 5.02 Å². The summed E-state index contributed by atoms with van der Waals surface area (Å²) in [6.07, 6.45) is 3.54. The standard InChI is InChI=1S/C21H17ClFN3OS/c1-2-27-20-8-5-15(11-17(20)22)18-12-19-21(24-9-10-26(19)25-18)28-13-14-3-6-16(23)7-4-14/h3-12H,2,13H2,1H3. The zero-order chi connectivity index (χ0) is 19.5. The van der Waals surface area contributed by atoms with E-state index in [1.807, 2.05) is 37.4 Å². The van der Waals surface area contributed by atoms with Crippen LogP contribution in [0.25, 0.3) is 16.8 Å². The highest BCUT2D eigenvalue weighted by Crippen LogP contribution is 2.32. The van der Waals surface area contributed by atoms with Crippen molar-refractivity contribution in [3.63, 3.8) is 0 Å². The van der Waals surface area contributed by atoms with Gasteiger partial charge in [0, 0.05) is 23.7 Å². The van der Waals surface area contributed by atoms with Gasteiger partial charge in [0.2, 0.25) is 0 Å². The topological polar surface area (TPSA) is 39.4 Å². The molecule has 0 atom stereocenters. The van der Waals surface area contributed by atoms with Crippen molar-refractivity contribution >= 4 is 28.9 Å². The van der Waals surface area contributed by atoms with Crippen LogP contribution in [0.15, 0.2) is 66.0 Å². The molecule has 142 valence electrons. The van der Waals surface area contributed by atoms with Crippen molar-refractivity contribution in [3.8, 4) is 17.0 Å². The summed E-state index contributed by atoms with van der Waals surface area (Å²) in [5.41, 5.74) is 3.66. The molecule has 0 aliphatic heterocycles. The van der Waals surface area contributed by atoms with E-state index >= 15 is 0 Å². The minimum Gasteiger partial charge on any atom is -0.492 e. The van der Waals surface area contributed by atoms with Crippen LogP contribution in [0, 0.1) is 5.82 Å². The van der Waals surface area contributed by atoms with Gasteiger partial charge in [-0.25, -0.2) is 13.9 Å². The molecule has 0 saturated carbocycles. The first-order valence-corrected chi connectivity index (χ1v) is 10.1. The summed E-state index contributed by atoms with van der Waals surface area (Å²) in [5.74, 6) is 1.12. The van der Waals surface area contributed by atoms with Gasteiger partial charge in [-0.1, -0.05) is 35.5 Å². The Hall–Kier alpha value is -2.57. The van der Waals surface area contributed by atoms with E-state index in [2.05, 4.69) is 10.1 Å². The molecular weight excluding hydrogens is 397 g/mol. The van der Waals surface area contributed by atoms with Gasteiger partial charge in [0.15, 0.2) is 0 Å². The highest BCUT2D eigenvalue weighted by atomic mass is 35.5. The number of ether oxygens (including phenoxy) is 1. The third kappa shape index (κ3) is 3.98. The molecule has 0 bridgehead atoms. The molecule has 4 aromatic rings. The quantitative estimate of drug-likeness (QED) is 0.370. The Balaban J connectivity index is 1.61. The fourth-order valence-corrected chi connectivity index (χ4v) is 3.98. The van der Waals surface area contributed by atoms with Gasteiger partial charge < -0.3 is 4.74 Å². The van der Waals surface area contributed by atoms with Gasteiger partial charge in [-0.2, -0.15) is 5.10 Å². The summed E-state index contributed by atoms with van der Waals surface area (Å²) < 4.78 is 20.4. The number of thioether (sulfide) groups is 1. The summed E-state index contributed by atoms with van der Waals surface area (Å²) in [4.78, 5) is 4.48. The number of aromatic nitrogens is 3. The lowest BCUT2D eigenvalue weighted by Crippen LogP contribution is -1.93. The zero-order valence-corrected chi connectivity index (χ0v) is 16.7. The minimum absolute atomic E-state index is 0.233. The number of halogens is 2. The summed E-state index contributed by atoms with van der Waals surface area (Å²) in [7, 11) is 0. The van der Waals surface area contributed by atoms with Crippen LogP contribution in [0.4, 0.5) is 4.39 Å². The van der Waals surface area contributed by atoms with Crippen LogP contribution in [-0.4, -0.2) is 21.2 Å². The van der Waals surface area contributed by atoms with E-state index in [1.54, 1.807) is 34.6 Å². The van der Waals surface area contributed by atoms with Crippen molar-refractivity contribution < 1.29 is 9.13 Å². The van der Waals surface area contributed by atoms with E-state index in [4.69, 9.17) is 16.3 Å². The first-order valence-electron chi connectivity index (χ1n) is 8.78. The lowest BCUT2D eigenvalue weighted by atomic mass is 10.1. The summed E-state index contributed by atoms with van der Waals surface area (Å²) >= 11 is 7.90. The highest BCUT2D eigenvalue weighted by Gasteiger charge is 2.12. The van der Waals surface area contributed by atoms with Gasteiger partial charge in [-0.15, -0.1) is 0 Å². The van der Waals surface area contributed by atoms with E-state index in [-0.39, 0.29) is 5.82 Å². The summed E-state index contributed by atoms with van der Waals surface area (Å²) in [6, 6.07) is 14.1. The monoisotopic (exact) mass is 413 g/mol. The average molecular weight is 414 g/mol. The molecule has 0 aliphatic carbocycles. The molecule has 0 radical (unpaired) electrons. The van der Waals surface area contributed by atoms with E-state index in [9.17, 15) is 4.39 Å². The number of nitrogens with zero attached hydrogens (tertiary/aromatic N) is 3. The Morgan fingerprint density at radius 1 is 1.14 bits per heavy atom. The van der Waals surface area contributed by atoms with Crippen molar-refractivity contribution in [2.75, 3.05) is 6.61 Å². The molecule has 2 heterocycles. The second kappa shape index (κ2) is 8.20. The maximum absolute atomic E-state index is 13.1. The second-order valence-corrected chi connectivity index (χ2v) is 7.46. The van der Waals surface area contributed by atoms with Gasteiger partial charge in [0.25, 0.3) is 0 Å². The van der Waals surface area contributed by atoms with Gasteiger partial charge in [-0.05, 0) is 48.9 Å². The second-order valence-electron chi connectivity index (χ2n) is 6.09. The normalized spacial score (nSPS) is 11.1. The maximum Gasteiger partial charge on any atom is 0.137 e. The third-order valence-electron chi connectivity index (χ3n) is 4.17. The molecule has 7 heteroatoms. The maximum atomic E-state index is 13.1. The fourth-order valence-electron chi connectivity index (χ4n) is 2.82. The molecule has 4 nitrogen and oxygen atoms in total. The lowest BCUT2D eigenvalue weighted by Gasteiger charge is -2.06. The van der Waals surface area contributed by atoms with Crippen molar-refractivity contribution in [1.82, 2.24) is 14.6 Å². The van der Waals surface area contributed by atoms with E-state index < -0.39 is 0 Å². The number of hydrogen-bond donors (Lipinski definition) is 0. The van der Waals surface area contributed by atoms with Crippen LogP contribution in [0.3, 0.4) is 0 Å². The predicted molar refractivity (Wildman–Crippen MR) is 111 cm³/mol. The fraction of sp³-hybridized carbons (Fsp3) is 0.143. The van der Waals surface area contributed by atoms with Gasteiger partial charge in [0.05, 0.1) is 22.8 Å². The molecule has 0 amide bonds. The molecule has 0 spiro atoms. The van der Waals surface area contributed by atoms with Crippen molar-refractivity contribution in [2.24, 2.45) is 0 Å². The molecule has 0 saturated heterocycles. The van der Waals surface area contributed by atoms with Crippen LogP contribution in [0.1, 0.15) is 12.5 Å². The molecular formula is C21H17ClFN3OS. The average Bonchev–Trinajstić information content (AvgIpc) is 3.14. The number of hydrogen-bond acceptors (Lipinski definition) is 4. The van der Waals surface area contributed by atoms with Gasteiger partial charge in [0.1, 0.15) is 16.6 Å². The molecule has 2 aromatic heterocycles. The summed E-state index contributed by atoms with van der Waals surface area (Å²) in [6.45, 7) is 2.48. The number of fused-ring (bicyclic) bond motifs is 1. The molecule has 0 aliphatic rings. The van der Waals surface area contributed by atoms with Crippen molar-refractivity contribution in [3.05, 3.63) is 77.3 Å². The Morgan fingerprint density at radius 2 is 1.96 bits per heavy atom. The molecule has 28 heavy (non-hydrogen) atoms. The number of benzene rings is 2. The zero-order valence-electron chi connectivity index (χ0n) is 15.1. The first-order chi connectivity index (χ1) is 13.6. The summed E-state index contributed by atoms with van der Waals surface area (Å²) in [5, 5.41) is 6.06. The molecule has 4 rings (SSSR count). The molecule has 0 fully saturated rings. The van der Waals surface area contributed by atoms with Crippen LogP contribution in [0.5, 0.6) is 5.75 Å². The third-order valence-corrected chi connectivity index (χ3v) is 5.53. The molecule has 0 N–H and O–H groups in total. The Bertz CT molecular complexity index is 1110.